The molecule has 0 aliphatic rings. The largest absolute Gasteiger partial charge is 0.471 e. The molecular weight excluding hydrogens is 348 g/mol. The fourth-order valence-corrected chi connectivity index (χ4v) is 1.38. The van der Waals surface area contributed by atoms with Crippen molar-refractivity contribution in [2.24, 2.45) is 0 Å². The predicted octanol–water partition coefficient (Wildman–Crippen LogP) is 3.07. The highest BCUT2D eigenvalue weighted by atomic mass is 127. The number of halogens is 6. The van der Waals surface area contributed by atoms with Gasteiger partial charge in [-0.2, -0.15) is 13.2 Å². The van der Waals surface area contributed by atoms with Crippen LogP contribution in [0.1, 0.15) is 0 Å². The predicted molar refractivity (Wildman–Crippen MR) is 53.8 cm³/mol. The summed E-state index contributed by atoms with van der Waals surface area (Å²) in [5.41, 5.74) is -0.817. The fraction of sp³-hybridized carbons (Fsp3) is 0.125. The lowest BCUT2D eigenvalue weighted by Gasteiger charge is -2.10. The minimum atomic E-state index is -5.15. The normalized spacial score (nSPS) is 11.4. The summed E-state index contributed by atoms with van der Waals surface area (Å²) in [6.45, 7) is 0. The molecule has 1 aromatic rings. The number of benzene rings is 1. The van der Waals surface area contributed by atoms with Gasteiger partial charge in [-0.25, -0.2) is 8.78 Å². The number of anilines is 1. The highest BCUT2D eigenvalue weighted by Gasteiger charge is 2.39. The molecule has 0 heterocycles. The highest BCUT2D eigenvalue weighted by molar-refractivity contribution is 14.1. The van der Waals surface area contributed by atoms with Crippen molar-refractivity contribution in [3.05, 3.63) is 27.3 Å². The van der Waals surface area contributed by atoms with Crippen LogP contribution >= 0.6 is 22.6 Å². The van der Waals surface area contributed by atoms with Crippen LogP contribution in [0.4, 0.5) is 27.6 Å². The molecule has 0 bridgehead atoms. The third-order valence-electron chi connectivity index (χ3n) is 1.54. The average Bonchev–Trinajstić information content (AvgIpc) is 2.17. The maximum absolute atomic E-state index is 13.0. The van der Waals surface area contributed by atoms with Gasteiger partial charge in [0.25, 0.3) is 0 Å². The van der Waals surface area contributed by atoms with Crippen LogP contribution in [0.2, 0.25) is 0 Å². The number of amides is 1. The summed E-state index contributed by atoms with van der Waals surface area (Å²) in [5.74, 6) is -5.21. The molecule has 2 nitrogen and oxygen atoms in total. The van der Waals surface area contributed by atoms with Gasteiger partial charge in [0.2, 0.25) is 0 Å². The van der Waals surface area contributed by atoms with E-state index in [1.165, 1.54) is 27.9 Å². The minimum Gasteiger partial charge on any atom is -0.315 e. The lowest BCUT2D eigenvalue weighted by atomic mass is 10.3. The maximum Gasteiger partial charge on any atom is 0.471 e. The van der Waals surface area contributed by atoms with Crippen molar-refractivity contribution in [1.29, 1.82) is 0 Å². The second-order valence-corrected chi connectivity index (χ2v) is 3.83. The Morgan fingerprint density at radius 3 is 2.31 bits per heavy atom. The van der Waals surface area contributed by atoms with Crippen LogP contribution in [0.3, 0.4) is 0 Å². The number of carbonyl (C=O) groups excluding carboxylic acids is 1. The molecule has 16 heavy (non-hydrogen) atoms. The van der Waals surface area contributed by atoms with Crippen LogP contribution < -0.4 is 5.32 Å². The lowest BCUT2D eigenvalue weighted by molar-refractivity contribution is -0.167. The van der Waals surface area contributed by atoms with Gasteiger partial charge in [0, 0.05) is 3.57 Å². The molecule has 0 saturated heterocycles. The molecule has 0 aromatic heterocycles. The van der Waals surface area contributed by atoms with Crippen molar-refractivity contribution < 1.29 is 26.7 Å². The van der Waals surface area contributed by atoms with Crippen LogP contribution in [0, 0.1) is 15.2 Å². The van der Waals surface area contributed by atoms with Crippen molar-refractivity contribution in [2.45, 2.75) is 6.18 Å². The topological polar surface area (TPSA) is 29.1 Å². The molecule has 0 spiro atoms. The lowest BCUT2D eigenvalue weighted by Crippen LogP contribution is -2.30. The van der Waals surface area contributed by atoms with Gasteiger partial charge in [-0.15, -0.1) is 0 Å². The standard InChI is InChI=1S/C8H3F5INO/c9-3-1-2-4(14)6(5(3)10)15-7(16)8(11,12)13/h1-2H,(H,15,16). The van der Waals surface area contributed by atoms with Gasteiger partial charge < -0.3 is 5.32 Å². The monoisotopic (exact) mass is 351 g/mol. The Balaban J connectivity index is 3.07. The first kappa shape index (κ1) is 13.1. The van der Waals surface area contributed by atoms with Gasteiger partial charge in [0.15, 0.2) is 11.6 Å². The van der Waals surface area contributed by atoms with E-state index < -0.39 is 29.4 Å². The summed E-state index contributed by atoms with van der Waals surface area (Å²) in [7, 11) is 0. The molecule has 0 fully saturated rings. The number of alkyl halides is 3. The Morgan fingerprint density at radius 1 is 1.25 bits per heavy atom. The Labute approximate surface area is 100.0 Å². The second-order valence-electron chi connectivity index (χ2n) is 2.67. The zero-order valence-electron chi connectivity index (χ0n) is 7.33. The summed E-state index contributed by atoms with van der Waals surface area (Å²) in [6, 6.07) is 1.80. The third kappa shape index (κ3) is 2.80. The zero-order valence-corrected chi connectivity index (χ0v) is 9.49. The van der Waals surface area contributed by atoms with Crippen molar-refractivity contribution in [3.63, 3.8) is 0 Å². The summed E-state index contributed by atoms with van der Waals surface area (Å²) in [5, 5.41) is 1.27. The van der Waals surface area contributed by atoms with E-state index >= 15 is 0 Å². The van der Waals surface area contributed by atoms with E-state index in [-0.39, 0.29) is 3.57 Å². The minimum absolute atomic E-state index is 0.0332. The molecule has 1 N–H and O–H groups in total. The fourth-order valence-electron chi connectivity index (χ4n) is 0.826. The van der Waals surface area contributed by atoms with Gasteiger partial charge in [-0.3, -0.25) is 4.79 Å². The number of nitrogens with one attached hydrogen (secondary N) is 1. The van der Waals surface area contributed by atoms with E-state index in [1.807, 2.05) is 0 Å². The summed E-state index contributed by atoms with van der Waals surface area (Å²) < 4.78 is 61.3. The number of carbonyl (C=O) groups is 1. The molecule has 0 aliphatic carbocycles. The Kier molecular flexibility index (Phi) is 3.71. The van der Waals surface area contributed by atoms with E-state index in [0.29, 0.717) is 0 Å². The molecular formula is C8H3F5INO. The number of hydrogen-bond acceptors (Lipinski definition) is 1. The van der Waals surface area contributed by atoms with Gasteiger partial charge in [-0.1, -0.05) is 0 Å². The van der Waals surface area contributed by atoms with Gasteiger partial charge >= 0.3 is 12.1 Å². The Morgan fingerprint density at radius 2 is 1.81 bits per heavy atom. The summed E-state index contributed by atoms with van der Waals surface area (Å²) in [4.78, 5) is 10.5. The molecule has 1 aromatic carbocycles. The van der Waals surface area contributed by atoms with Crippen LogP contribution in [-0.2, 0) is 4.79 Å². The second kappa shape index (κ2) is 4.52. The molecule has 8 heteroatoms. The summed E-state index contributed by atoms with van der Waals surface area (Å²) >= 11 is 1.48. The first-order chi connectivity index (χ1) is 7.23. The van der Waals surface area contributed by atoms with Crippen molar-refractivity contribution in [3.8, 4) is 0 Å². The van der Waals surface area contributed by atoms with Gasteiger partial charge in [0.1, 0.15) is 0 Å². The summed E-state index contributed by atoms with van der Waals surface area (Å²) in [6.07, 6.45) is -5.15. The quantitative estimate of drug-likeness (QED) is 0.470. The first-order valence-electron chi connectivity index (χ1n) is 3.75. The molecule has 0 atom stereocenters. The first-order valence-corrected chi connectivity index (χ1v) is 4.83. The number of rotatable bonds is 1. The van der Waals surface area contributed by atoms with Crippen LogP contribution in [0.25, 0.3) is 0 Å². The van der Waals surface area contributed by atoms with Crippen molar-refractivity contribution in [1.82, 2.24) is 0 Å². The molecule has 88 valence electrons. The molecule has 0 saturated carbocycles. The van der Waals surface area contributed by atoms with Crippen LogP contribution in [0.5, 0.6) is 0 Å². The van der Waals surface area contributed by atoms with Gasteiger partial charge in [-0.05, 0) is 34.7 Å². The number of hydrogen-bond donors (Lipinski definition) is 1. The van der Waals surface area contributed by atoms with E-state index in [1.54, 1.807) is 0 Å². The van der Waals surface area contributed by atoms with Crippen LogP contribution in [0.15, 0.2) is 12.1 Å². The van der Waals surface area contributed by atoms with E-state index in [4.69, 9.17) is 0 Å². The third-order valence-corrected chi connectivity index (χ3v) is 2.44. The zero-order chi connectivity index (χ0) is 12.5. The molecule has 0 radical (unpaired) electrons. The Hall–Kier alpha value is -0.930. The smallest absolute Gasteiger partial charge is 0.315 e. The maximum atomic E-state index is 13.0. The molecule has 0 aliphatic heterocycles. The van der Waals surface area contributed by atoms with Crippen molar-refractivity contribution in [2.75, 3.05) is 5.32 Å². The Bertz CT molecular complexity index is 431. The van der Waals surface area contributed by atoms with Crippen molar-refractivity contribution >= 4 is 34.2 Å². The van der Waals surface area contributed by atoms with Gasteiger partial charge in [0.05, 0.1) is 5.69 Å². The van der Waals surface area contributed by atoms with E-state index in [9.17, 15) is 26.7 Å². The SMILES string of the molecule is O=C(Nc1c(I)ccc(F)c1F)C(F)(F)F. The van der Waals surface area contributed by atoms with E-state index in [2.05, 4.69) is 0 Å². The molecule has 1 rings (SSSR count). The average molecular weight is 351 g/mol. The highest BCUT2D eigenvalue weighted by Crippen LogP contribution is 2.26. The van der Waals surface area contributed by atoms with E-state index in [0.717, 1.165) is 12.1 Å². The molecule has 0 unspecified atom stereocenters. The molecule has 1 amide bonds. The van der Waals surface area contributed by atoms with Crippen LogP contribution in [-0.4, -0.2) is 12.1 Å².